The van der Waals surface area contributed by atoms with Gasteiger partial charge in [0.25, 0.3) is 0 Å². The number of nitrogens with zero attached hydrogens (tertiary/aromatic N) is 1. The summed E-state index contributed by atoms with van der Waals surface area (Å²) < 4.78 is 11.3. The highest BCUT2D eigenvalue weighted by atomic mass is 16.5. The number of esters is 1. The lowest BCUT2D eigenvalue weighted by molar-refractivity contribution is 0.0602. The molecule has 0 amide bonds. The summed E-state index contributed by atoms with van der Waals surface area (Å²) >= 11 is 0. The molecular formula is C30H31N3O4. The van der Waals surface area contributed by atoms with Crippen LogP contribution in [0.25, 0.3) is 22.3 Å². The van der Waals surface area contributed by atoms with Crippen molar-refractivity contribution >= 4 is 28.3 Å². The highest BCUT2D eigenvalue weighted by Crippen LogP contribution is 2.32. The third-order valence-corrected chi connectivity index (χ3v) is 6.81. The van der Waals surface area contributed by atoms with Gasteiger partial charge in [-0.05, 0) is 61.9 Å². The number of para-hydroxylation sites is 1. The number of hydrogen-bond donors (Lipinski definition) is 2. The molecular weight excluding hydrogens is 466 g/mol. The number of carbonyl (C=O) groups is 1. The van der Waals surface area contributed by atoms with Crippen LogP contribution >= 0.6 is 0 Å². The molecule has 5 rings (SSSR count). The number of carbonyl (C=O) groups excluding carboxylic acids is 1. The topological polar surface area (TPSA) is 83.8 Å². The summed E-state index contributed by atoms with van der Waals surface area (Å²) in [4.78, 5) is 27.8. The lowest BCUT2D eigenvalue weighted by atomic mass is 10.00. The van der Waals surface area contributed by atoms with Gasteiger partial charge < -0.3 is 24.7 Å². The molecule has 190 valence electrons. The molecule has 1 aliphatic rings. The van der Waals surface area contributed by atoms with Crippen molar-refractivity contribution in [2.75, 3.05) is 43.5 Å². The normalized spacial score (nSPS) is 14.4. The standard InChI is InChI=1S/C30H31N3O4/c1-19-16-24(20(2)32-26-7-5-4-6-23(26)30(35)36-3)29-25(17-19)27(34)18-28(37-29)21-8-10-22(11-9-21)33-14-12-31-13-15-33/h4-11,16-18,20,31-32H,12-15H2,1-3H3. The van der Waals surface area contributed by atoms with Crippen molar-refractivity contribution in [2.45, 2.75) is 19.9 Å². The average molecular weight is 498 g/mol. The maximum Gasteiger partial charge on any atom is 0.339 e. The van der Waals surface area contributed by atoms with E-state index in [9.17, 15) is 9.59 Å². The van der Waals surface area contributed by atoms with E-state index in [1.54, 1.807) is 18.2 Å². The molecule has 0 radical (unpaired) electrons. The molecule has 4 aromatic rings. The SMILES string of the molecule is COC(=O)c1ccccc1NC(C)c1cc(C)cc2c(=O)cc(-c3ccc(N4CCNCC4)cc3)oc12. The van der Waals surface area contributed by atoms with E-state index in [2.05, 4.69) is 27.7 Å². The summed E-state index contributed by atoms with van der Waals surface area (Å²) in [7, 11) is 1.36. The molecule has 37 heavy (non-hydrogen) atoms. The Labute approximate surface area is 216 Å². The van der Waals surface area contributed by atoms with Gasteiger partial charge in [0.2, 0.25) is 0 Å². The van der Waals surface area contributed by atoms with Crippen LogP contribution in [0, 0.1) is 6.92 Å². The van der Waals surface area contributed by atoms with E-state index in [0.717, 1.165) is 48.6 Å². The molecule has 0 aliphatic carbocycles. The van der Waals surface area contributed by atoms with Gasteiger partial charge in [-0.2, -0.15) is 0 Å². The minimum Gasteiger partial charge on any atom is -0.465 e. The van der Waals surface area contributed by atoms with Crippen molar-refractivity contribution < 1.29 is 13.9 Å². The molecule has 3 aromatic carbocycles. The molecule has 2 heterocycles. The fourth-order valence-electron chi connectivity index (χ4n) is 4.87. The number of piperazine rings is 1. The lowest BCUT2D eigenvalue weighted by Gasteiger charge is -2.29. The van der Waals surface area contributed by atoms with E-state index in [4.69, 9.17) is 9.15 Å². The van der Waals surface area contributed by atoms with Crippen molar-refractivity contribution in [2.24, 2.45) is 0 Å². The Kier molecular flexibility index (Phi) is 6.97. The molecule has 0 bridgehead atoms. The molecule has 7 heteroatoms. The molecule has 0 saturated carbocycles. The van der Waals surface area contributed by atoms with Crippen LogP contribution in [0.3, 0.4) is 0 Å². The predicted molar refractivity (Wildman–Crippen MR) is 148 cm³/mol. The molecule has 0 spiro atoms. The van der Waals surface area contributed by atoms with Gasteiger partial charge in [-0.3, -0.25) is 4.79 Å². The number of nitrogens with one attached hydrogen (secondary N) is 2. The highest BCUT2D eigenvalue weighted by molar-refractivity contribution is 5.95. The Balaban J connectivity index is 1.52. The Morgan fingerprint density at radius 1 is 1.05 bits per heavy atom. The maximum atomic E-state index is 13.2. The van der Waals surface area contributed by atoms with Gasteiger partial charge in [0, 0.05) is 54.7 Å². The first kappa shape index (κ1) is 24.6. The van der Waals surface area contributed by atoms with Crippen LogP contribution in [0.2, 0.25) is 0 Å². The largest absolute Gasteiger partial charge is 0.465 e. The predicted octanol–water partition coefficient (Wildman–Crippen LogP) is 5.14. The zero-order chi connectivity index (χ0) is 25.9. The highest BCUT2D eigenvalue weighted by Gasteiger charge is 2.19. The first-order valence-corrected chi connectivity index (χ1v) is 12.5. The van der Waals surface area contributed by atoms with E-state index >= 15 is 0 Å². The van der Waals surface area contributed by atoms with E-state index in [0.29, 0.717) is 28.0 Å². The van der Waals surface area contributed by atoms with Gasteiger partial charge >= 0.3 is 5.97 Å². The van der Waals surface area contributed by atoms with Crippen LogP contribution in [-0.4, -0.2) is 39.3 Å². The molecule has 1 unspecified atom stereocenters. The molecule has 1 aliphatic heterocycles. The summed E-state index contributed by atoms with van der Waals surface area (Å²) in [5, 5.41) is 7.31. The first-order chi connectivity index (χ1) is 17.9. The van der Waals surface area contributed by atoms with E-state index < -0.39 is 5.97 Å². The molecule has 7 nitrogen and oxygen atoms in total. The number of aryl methyl sites for hydroxylation is 1. The van der Waals surface area contributed by atoms with Crippen molar-refractivity contribution in [3.63, 3.8) is 0 Å². The summed E-state index contributed by atoms with van der Waals surface area (Å²) in [6.07, 6.45) is 0. The molecule has 1 atom stereocenters. The quantitative estimate of drug-likeness (QED) is 0.357. The summed E-state index contributed by atoms with van der Waals surface area (Å²) in [5.41, 5.74) is 5.35. The minimum absolute atomic E-state index is 0.0884. The number of rotatable bonds is 6. The van der Waals surface area contributed by atoms with Crippen LogP contribution in [0.15, 0.2) is 75.9 Å². The van der Waals surface area contributed by atoms with Gasteiger partial charge in [-0.15, -0.1) is 0 Å². The van der Waals surface area contributed by atoms with Crippen molar-refractivity contribution in [1.29, 1.82) is 0 Å². The summed E-state index contributed by atoms with van der Waals surface area (Å²) in [5.74, 6) is 0.110. The Morgan fingerprint density at radius 3 is 2.51 bits per heavy atom. The van der Waals surface area contributed by atoms with Crippen LogP contribution in [0.4, 0.5) is 11.4 Å². The third-order valence-electron chi connectivity index (χ3n) is 6.81. The van der Waals surface area contributed by atoms with Crippen molar-refractivity contribution in [3.05, 3.63) is 93.6 Å². The summed E-state index contributed by atoms with van der Waals surface area (Å²) in [6.45, 7) is 7.82. The van der Waals surface area contributed by atoms with E-state index in [1.807, 2.05) is 50.2 Å². The second kappa shape index (κ2) is 10.5. The molecule has 1 aromatic heterocycles. The maximum absolute atomic E-state index is 13.2. The number of fused-ring (bicyclic) bond motifs is 1. The zero-order valence-electron chi connectivity index (χ0n) is 21.3. The van der Waals surface area contributed by atoms with Gasteiger partial charge in [0.15, 0.2) is 5.43 Å². The molecule has 1 saturated heterocycles. The Bertz CT molecular complexity index is 1490. The number of ether oxygens (including phenoxy) is 1. The molecule has 2 N–H and O–H groups in total. The average Bonchev–Trinajstić information content (AvgIpc) is 2.93. The number of anilines is 2. The first-order valence-electron chi connectivity index (χ1n) is 12.5. The van der Waals surface area contributed by atoms with Crippen LogP contribution in [0.5, 0.6) is 0 Å². The van der Waals surface area contributed by atoms with Gasteiger partial charge in [-0.25, -0.2) is 4.79 Å². The van der Waals surface area contributed by atoms with E-state index in [-0.39, 0.29) is 11.5 Å². The fraction of sp³-hybridized carbons (Fsp3) is 0.267. The zero-order valence-corrected chi connectivity index (χ0v) is 21.3. The van der Waals surface area contributed by atoms with Crippen molar-refractivity contribution in [1.82, 2.24) is 5.32 Å². The number of benzene rings is 3. The molecule has 1 fully saturated rings. The fourth-order valence-corrected chi connectivity index (χ4v) is 4.87. The van der Waals surface area contributed by atoms with Gasteiger partial charge in [-0.1, -0.05) is 18.2 Å². The number of methoxy groups -OCH3 is 1. The van der Waals surface area contributed by atoms with Gasteiger partial charge in [0.1, 0.15) is 11.3 Å². The van der Waals surface area contributed by atoms with Crippen molar-refractivity contribution in [3.8, 4) is 11.3 Å². The Morgan fingerprint density at radius 2 is 1.78 bits per heavy atom. The monoisotopic (exact) mass is 497 g/mol. The number of hydrogen-bond acceptors (Lipinski definition) is 7. The van der Waals surface area contributed by atoms with Gasteiger partial charge in [0.05, 0.1) is 24.1 Å². The Hall–Kier alpha value is -4.10. The van der Waals surface area contributed by atoms with E-state index in [1.165, 1.54) is 7.11 Å². The lowest BCUT2D eigenvalue weighted by Crippen LogP contribution is -2.43. The van der Waals surface area contributed by atoms with Crippen LogP contribution in [-0.2, 0) is 4.74 Å². The third kappa shape index (κ3) is 5.08. The second-order valence-electron chi connectivity index (χ2n) is 9.39. The summed E-state index contributed by atoms with van der Waals surface area (Å²) in [6, 6.07) is 20.6. The minimum atomic E-state index is -0.414. The van der Waals surface area contributed by atoms with Crippen LogP contribution < -0.4 is 21.0 Å². The van der Waals surface area contributed by atoms with Crippen LogP contribution in [0.1, 0.15) is 34.5 Å². The second-order valence-corrected chi connectivity index (χ2v) is 9.39. The smallest absolute Gasteiger partial charge is 0.339 e.